The Morgan fingerprint density at radius 2 is 1.48 bits per heavy atom. The van der Waals surface area contributed by atoms with Crippen molar-refractivity contribution in [3.05, 3.63) is 60.2 Å². The van der Waals surface area contributed by atoms with Gasteiger partial charge in [-0.2, -0.15) is 0 Å². The van der Waals surface area contributed by atoms with Crippen LogP contribution in [0.4, 0.5) is 0 Å². The van der Waals surface area contributed by atoms with E-state index in [0.717, 1.165) is 0 Å². The molecule has 0 aliphatic carbocycles. The second kappa shape index (κ2) is 28.8. The van der Waals surface area contributed by atoms with Crippen LogP contribution in [0.1, 0.15) is 164 Å². The van der Waals surface area contributed by atoms with Gasteiger partial charge in [-0.3, -0.25) is 19.2 Å². The fraction of sp³-hybridized carbons (Fsp3) is 0.778. The van der Waals surface area contributed by atoms with Crippen LogP contribution in [0.5, 0.6) is 0 Å². The van der Waals surface area contributed by atoms with E-state index in [9.17, 15) is 49.8 Å². The van der Waals surface area contributed by atoms with E-state index in [0.29, 0.717) is 49.7 Å². The molecule has 10 bridgehead atoms. The number of halogens is 1. The van der Waals surface area contributed by atoms with Crippen LogP contribution in [-0.4, -0.2) is 176 Å². The standard InChI is InChI=1S/C63H95ClO20/c1-34(19-43(67)18-17-36(3)64)20-54-57(72)59-40(7)55(78-54)32-61(74)31-52(70)38(5)53(84-61)16-14-12-13-15-45-22-44(68)27-62(80-45)29-48(75-11)23-46(81-62)25-51(69)39(6)58(77-42(9)66)37(4)35(2)21-50-28-60(10,73)33-63(83-50)30-49(76-41(8)65)24-47(82-63)26-56(71)79-59/h13,15,17-18,37-40,43-50,52-55,57-59,67-68,70,72-74H,1-3,12,14,16,19-33H2,4-11H3/t37-,38-,39+,40+,43-,44+,45+,46+,47-,48-,49+,50+,52+,53+,54-,55+,57-,58+,59-,60+,61-,62-,63-/m1/s1. The molecule has 7 aliphatic heterocycles. The maximum atomic E-state index is 14.4. The third-order valence-electron chi connectivity index (χ3n) is 18.2. The molecule has 0 aromatic carbocycles. The van der Waals surface area contributed by atoms with Gasteiger partial charge in [-0.25, -0.2) is 0 Å². The summed E-state index contributed by atoms with van der Waals surface area (Å²) in [7, 11) is 1.58. The Balaban J connectivity index is 1.21. The molecule has 0 amide bonds. The normalized spacial score (nSPS) is 43.6. The van der Waals surface area contributed by atoms with Crippen LogP contribution in [-0.2, 0) is 66.5 Å². The van der Waals surface area contributed by atoms with Crippen molar-refractivity contribution in [2.75, 3.05) is 7.11 Å². The van der Waals surface area contributed by atoms with E-state index < -0.39 is 151 Å². The predicted molar refractivity (Wildman–Crippen MR) is 306 cm³/mol. The molecule has 0 saturated carbocycles. The number of hydrogen-bond donors (Lipinski definition) is 6. The molecule has 474 valence electrons. The summed E-state index contributed by atoms with van der Waals surface area (Å²) in [6, 6.07) is 0. The minimum Gasteiger partial charge on any atom is -0.462 e. The Morgan fingerprint density at radius 3 is 2.17 bits per heavy atom. The summed E-state index contributed by atoms with van der Waals surface area (Å²) in [5.41, 5.74) is -0.379. The lowest BCUT2D eigenvalue weighted by atomic mass is 9.78. The highest BCUT2D eigenvalue weighted by Crippen LogP contribution is 2.48. The van der Waals surface area contributed by atoms with Gasteiger partial charge in [0.25, 0.3) is 0 Å². The number of carbonyl (C=O) groups excluding carboxylic acids is 4. The quantitative estimate of drug-likeness (QED) is 0.0590. The lowest BCUT2D eigenvalue weighted by Crippen LogP contribution is -2.59. The fourth-order valence-corrected chi connectivity index (χ4v) is 14.2. The molecule has 0 aromatic rings. The SMILES string of the molecule is C=C(Cl)C=C[C@@H](O)CC(=C)C[C@H]1O[C@H]2C[C@@]3(O)C[C@H](O)[C@@H](C)[C@H](CCCC=C[C@H]4C[C@H](O)C[C@@]5(C[C@H](OC)C[C@@H](CC(=O)[C@H](C)[C@@H](OC(C)=O)[C@H](C)C(=C)C[C@H]6C[C@](C)(O)C[C@@]7(C[C@@H](OC(C)=O)C[C@H](CC(=O)O[C@H]([C@H]2C)[C@@H]1O)O7)O6)O5)O4)O3. The summed E-state index contributed by atoms with van der Waals surface area (Å²) in [6.45, 7) is 23.4. The van der Waals surface area contributed by atoms with Crippen LogP contribution in [0, 0.1) is 23.7 Å². The number of Topliss-reactive ketones (excluding diaryl/α,β-unsaturated/α-hetero) is 1. The van der Waals surface area contributed by atoms with Crippen LogP contribution in [0.15, 0.2) is 60.2 Å². The van der Waals surface area contributed by atoms with Crippen molar-refractivity contribution in [1.29, 1.82) is 0 Å². The second-order valence-corrected chi connectivity index (χ2v) is 26.4. The maximum absolute atomic E-state index is 14.4. The first-order valence-corrected chi connectivity index (χ1v) is 30.6. The molecule has 20 nitrogen and oxygen atoms in total. The molecule has 21 heteroatoms. The lowest BCUT2D eigenvalue weighted by molar-refractivity contribution is -0.349. The highest BCUT2D eigenvalue weighted by Gasteiger charge is 2.56. The summed E-state index contributed by atoms with van der Waals surface area (Å²) < 4.78 is 63.9. The van der Waals surface area contributed by atoms with Crippen molar-refractivity contribution in [3.63, 3.8) is 0 Å². The Morgan fingerprint density at radius 1 is 0.810 bits per heavy atom. The highest BCUT2D eigenvalue weighted by molar-refractivity contribution is 6.30. The third-order valence-corrected chi connectivity index (χ3v) is 18.3. The van der Waals surface area contributed by atoms with Crippen molar-refractivity contribution in [3.8, 4) is 0 Å². The molecule has 6 N–H and O–H groups in total. The van der Waals surface area contributed by atoms with Crippen LogP contribution in [0.2, 0.25) is 0 Å². The minimum atomic E-state index is -1.92. The minimum absolute atomic E-state index is 0.00237. The van der Waals surface area contributed by atoms with Gasteiger partial charge < -0.3 is 78.0 Å². The van der Waals surface area contributed by atoms with Crippen molar-refractivity contribution < 1.29 is 97.2 Å². The van der Waals surface area contributed by atoms with Gasteiger partial charge in [0.1, 0.15) is 30.2 Å². The van der Waals surface area contributed by atoms with E-state index in [4.69, 9.17) is 59.0 Å². The van der Waals surface area contributed by atoms with Gasteiger partial charge in [0, 0.05) is 114 Å². The molecule has 0 aromatic heterocycles. The van der Waals surface area contributed by atoms with Gasteiger partial charge in [-0.05, 0) is 51.5 Å². The molecule has 6 saturated heterocycles. The number of hydrogen-bond acceptors (Lipinski definition) is 20. The molecule has 7 heterocycles. The topological polar surface area (TPSA) is 282 Å². The first-order valence-electron chi connectivity index (χ1n) is 30.2. The smallest absolute Gasteiger partial charge is 0.308 e. The van der Waals surface area contributed by atoms with Crippen LogP contribution in [0.3, 0.4) is 0 Å². The van der Waals surface area contributed by atoms with E-state index in [2.05, 4.69) is 19.7 Å². The summed E-state index contributed by atoms with van der Waals surface area (Å²) in [6.07, 6.45) is -4.19. The summed E-state index contributed by atoms with van der Waals surface area (Å²) in [5, 5.41) is 70.2. The number of ether oxygens (including phenoxy) is 10. The lowest BCUT2D eigenvalue weighted by Gasteiger charge is -2.52. The van der Waals surface area contributed by atoms with Gasteiger partial charge in [0.2, 0.25) is 0 Å². The van der Waals surface area contributed by atoms with Gasteiger partial charge in [0.05, 0.1) is 85.1 Å². The third kappa shape index (κ3) is 18.3. The number of fused-ring (bicyclic) bond motifs is 8. The number of esters is 3. The van der Waals surface area contributed by atoms with Gasteiger partial charge >= 0.3 is 17.9 Å². The molecule has 0 radical (unpaired) electrons. The number of methoxy groups -OCH3 is 1. The first kappa shape index (κ1) is 68.0. The zero-order valence-corrected chi connectivity index (χ0v) is 51.2. The van der Waals surface area contributed by atoms with Crippen LogP contribution < -0.4 is 0 Å². The molecule has 84 heavy (non-hydrogen) atoms. The number of aliphatic hydroxyl groups is 6. The van der Waals surface area contributed by atoms with Crippen LogP contribution >= 0.6 is 11.6 Å². The largest absolute Gasteiger partial charge is 0.462 e. The Kier molecular flexibility index (Phi) is 23.3. The zero-order chi connectivity index (χ0) is 61.6. The van der Waals surface area contributed by atoms with E-state index in [1.165, 1.54) is 26.0 Å². The Bertz CT molecular complexity index is 2390. The number of carbonyl (C=O) groups is 4. The van der Waals surface area contributed by atoms with Crippen molar-refractivity contribution in [2.45, 2.75) is 279 Å². The van der Waals surface area contributed by atoms with Crippen molar-refractivity contribution in [2.24, 2.45) is 23.7 Å². The monoisotopic (exact) mass is 1210 g/mol. The molecule has 7 rings (SSSR count). The van der Waals surface area contributed by atoms with E-state index in [-0.39, 0.29) is 93.5 Å². The second-order valence-electron chi connectivity index (χ2n) is 25.9. The average molecular weight is 1210 g/mol. The Labute approximate surface area is 500 Å². The number of aliphatic hydroxyl groups excluding tert-OH is 4. The van der Waals surface area contributed by atoms with Gasteiger partial charge in [-0.15, -0.1) is 0 Å². The summed E-state index contributed by atoms with van der Waals surface area (Å²) >= 11 is 5.90. The van der Waals surface area contributed by atoms with E-state index in [1.807, 2.05) is 26.0 Å². The number of rotatable bonds is 9. The molecular formula is C63H95ClO20. The van der Waals surface area contributed by atoms with E-state index >= 15 is 0 Å². The highest BCUT2D eigenvalue weighted by atomic mass is 35.5. The predicted octanol–water partition coefficient (Wildman–Crippen LogP) is 6.94. The first-order chi connectivity index (χ1) is 39.4. The zero-order valence-electron chi connectivity index (χ0n) is 50.4. The van der Waals surface area contributed by atoms with Crippen LogP contribution in [0.25, 0.3) is 0 Å². The fourth-order valence-electron chi connectivity index (χ4n) is 14.1. The molecule has 0 unspecified atom stereocenters. The maximum Gasteiger partial charge on any atom is 0.308 e. The van der Waals surface area contributed by atoms with Gasteiger partial charge in [0.15, 0.2) is 17.4 Å². The number of allylic oxidation sites excluding steroid dienone is 3. The number of ketones is 1. The van der Waals surface area contributed by atoms with Crippen molar-refractivity contribution in [1.82, 2.24) is 0 Å². The molecule has 6 fully saturated rings. The Hall–Kier alpha value is -3.45. The van der Waals surface area contributed by atoms with Gasteiger partial charge in [-0.1, -0.05) is 88.4 Å². The average Bonchev–Trinajstić information content (AvgIpc) is 2.89. The summed E-state index contributed by atoms with van der Waals surface area (Å²) in [4.78, 5) is 54.3. The molecule has 2 spiro atoms. The summed E-state index contributed by atoms with van der Waals surface area (Å²) in [5.74, 6) is -9.60. The van der Waals surface area contributed by atoms with E-state index in [1.54, 1.807) is 27.9 Å². The van der Waals surface area contributed by atoms with Crippen molar-refractivity contribution >= 4 is 35.3 Å². The molecule has 23 atom stereocenters. The molecular weight excluding hydrogens is 1110 g/mol. The molecule has 7 aliphatic rings.